The van der Waals surface area contributed by atoms with Crippen molar-refractivity contribution in [3.63, 3.8) is 0 Å². The molecule has 0 aliphatic carbocycles. The van der Waals surface area contributed by atoms with Crippen LogP contribution >= 0.6 is 0 Å². The van der Waals surface area contributed by atoms with Gasteiger partial charge in [-0.3, -0.25) is 30.3 Å². The molecule has 3 rings (SSSR count). The van der Waals surface area contributed by atoms with Crippen LogP contribution in [0.4, 0.5) is 28.4 Å². The van der Waals surface area contributed by atoms with Crippen LogP contribution in [0.2, 0.25) is 0 Å². The van der Waals surface area contributed by atoms with E-state index in [0.717, 1.165) is 0 Å². The van der Waals surface area contributed by atoms with Gasteiger partial charge >= 0.3 is 0 Å². The van der Waals surface area contributed by atoms with Crippen molar-refractivity contribution >= 4 is 28.4 Å². The van der Waals surface area contributed by atoms with Crippen molar-refractivity contribution < 1.29 is 14.8 Å². The van der Waals surface area contributed by atoms with Crippen LogP contribution in [0.1, 0.15) is 11.7 Å². The lowest BCUT2D eigenvalue weighted by atomic mass is 10.1. The molecule has 11 heteroatoms. The van der Waals surface area contributed by atoms with Crippen LogP contribution in [0.25, 0.3) is 0 Å². The predicted molar refractivity (Wildman–Crippen MR) is 109 cm³/mol. The number of nitro benzene ring substituents is 3. The number of rotatable bonds is 8. The Kier molecular flexibility index (Phi) is 5.82. The molecular formula is C19H15N5O6. The molecule has 0 bridgehead atoms. The highest BCUT2D eigenvalue weighted by atomic mass is 16.6. The van der Waals surface area contributed by atoms with Gasteiger partial charge < -0.3 is 10.6 Å². The van der Waals surface area contributed by atoms with Crippen molar-refractivity contribution in [2.24, 2.45) is 0 Å². The molecule has 30 heavy (non-hydrogen) atoms. The maximum absolute atomic E-state index is 11.5. The van der Waals surface area contributed by atoms with E-state index in [9.17, 15) is 30.3 Å². The zero-order valence-corrected chi connectivity index (χ0v) is 15.3. The van der Waals surface area contributed by atoms with Gasteiger partial charge in [0.2, 0.25) is 0 Å². The van der Waals surface area contributed by atoms with E-state index in [-0.39, 0.29) is 34.0 Å². The summed E-state index contributed by atoms with van der Waals surface area (Å²) >= 11 is 0. The number of anilines is 2. The van der Waals surface area contributed by atoms with Crippen LogP contribution in [-0.4, -0.2) is 14.8 Å². The molecule has 0 aliphatic rings. The molecule has 0 saturated heterocycles. The van der Waals surface area contributed by atoms with Crippen molar-refractivity contribution in [3.05, 3.63) is 109 Å². The highest BCUT2D eigenvalue weighted by Crippen LogP contribution is 2.34. The summed E-state index contributed by atoms with van der Waals surface area (Å²) in [7, 11) is 0. The van der Waals surface area contributed by atoms with E-state index < -0.39 is 20.9 Å². The molecule has 0 atom stereocenters. The van der Waals surface area contributed by atoms with Gasteiger partial charge in [-0.05, 0) is 18.2 Å². The molecule has 3 aromatic rings. The summed E-state index contributed by atoms with van der Waals surface area (Å²) in [5, 5.41) is 40.0. The molecule has 2 N–H and O–H groups in total. The normalized spacial score (nSPS) is 10.4. The Balaban J connectivity index is 2.10. The number of nitrogens with one attached hydrogen (secondary N) is 2. The Morgan fingerprint density at radius 2 is 0.933 bits per heavy atom. The first kappa shape index (κ1) is 20.2. The van der Waals surface area contributed by atoms with Crippen molar-refractivity contribution in [3.8, 4) is 0 Å². The van der Waals surface area contributed by atoms with Crippen LogP contribution in [-0.2, 0) is 0 Å². The summed E-state index contributed by atoms with van der Waals surface area (Å²) in [6, 6.07) is 17.4. The molecule has 0 fully saturated rings. The van der Waals surface area contributed by atoms with E-state index in [1.54, 1.807) is 18.2 Å². The van der Waals surface area contributed by atoms with Gasteiger partial charge in [0.05, 0.1) is 20.3 Å². The van der Waals surface area contributed by atoms with E-state index >= 15 is 0 Å². The van der Waals surface area contributed by atoms with Crippen molar-refractivity contribution in [2.75, 3.05) is 10.6 Å². The van der Waals surface area contributed by atoms with Gasteiger partial charge in [-0.25, -0.2) is 0 Å². The van der Waals surface area contributed by atoms with Crippen LogP contribution in [0, 0.1) is 30.3 Å². The highest BCUT2D eigenvalue weighted by Gasteiger charge is 2.26. The van der Waals surface area contributed by atoms with Gasteiger partial charge in [0.1, 0.15) is 17.5 Å². The molecule has 0 aliphatic heterocycles. The van der Waals surface area contributed by atoms with E-state index in [4.69, 9.17) is 0 Å². The fourth-order valence-corrected chi connectivity index (χ4v) is 2.91. The Morgan fingerprint density at radius 1 is 0.567 bits per heavy atom. The summed E-state index contributed by atoms with van der Waals surface area (Å²) in [5.41, 5.74) is -0.400. The third-order valence-corrected chi connectivity index (χ3v) is 4.25. The first-order valence-corrected chi connectivity index (χ1v) is 8.61. The Labute approximate surface area is 169 Å². The van der Waals surface area contributed by atoms with Gasteiger partial charge in [0, 0.05) is 18.2 Å². The molecule has 0 aromatic heterocycles. The minimum atomic E-state index is -1.08. The first-order chi connectivity index (χ1) is 14.4. The molecule has 0 unspecified atom stereocenters. The summed E-state index contributed by atoms with van der Waals surface area (Å²) in [4.78, 5) is 32.5. The number of hydrogen-bond acceptors (Lipinski definition) is 8. The third kappa shape index (κ3) is 4.30. The molecule has 0 amide bonds. The second-order valence-electron chi connectivity index (χ2n) is 6.09. The number of nitro groups is 3. The Hall–Kier alpha value is -4.54. The number of nitrogens with zero attached hydrogens (tertiary/aromatic N) is 3. The zero-order chi connectivity index (χ0) is 21.7. The number of para-hydroxylation sites is 5. The minimum absolute atomic E-state index is 0.0942. The van der Waals surface area contributed by atoms with Gasteiger partial charge in [-0.2, -0.15) is 0 Å². The first-order valence-electron chi connectivity index (χ1n) is 8.61. The molecular weight excluding hydrogens is 394 g/mol. The smallest absolute Gasteiger partial charge is 0.292 e. The summed E-state index contributed by atoms with van der Waals surface area (Å²) in [6.45, 7) is 0. The second kappa shape index (κ2) is 8.65. The fourth-order valence-electron chi connectivity index (χ4n) is 2.91. The van der Waals surface area contributed by atoms with E-state index in [1.165, 1.54) is 54.6 Å². The molecule has 3 aromatic carbocycles. The maximum atomic E-state index is 11.5. The van der Waals surface area contributed by atoms with Crippen LogP contribution < -0.4 is 10.6 Å². The molecule has 11 nitrogen and oxygen atoms in total. The Bertz CT molecular complexity index is 1060. The summed E-state index contributed by atoms with van der Waals surface area (Å²) < 4.78 is 0. The lowest BCUT2D eigenvalue weighted by Gasteiger charge is -2.22. The van der Waals surface area contributed by atoms with Gasteiger partial charge in [-0.15, -0.1) is 0 Å². The average molecular weight is 409 g/mol. The maximum Gasteiger partial charge on any atom is 0.292 e. The highest BCUT2D eigenvalue weighted by molar-refractivity contribution is 5.67. The largest absolute Gasteiger partial charge is 0.356 e. The van der Waals surface area contributed by atoms with E-state index in [0.29, 0.717) is 0 Å². The molecule has 0 heterocycles. The van der Waals surface area contributed by atoms with Gasteiger partial charge in [-0.1, -0.05) is 36.4 Å². The van der Waals surface area contributed by atoms with Crippen molar-refractivity contribution in [1.82, 2.24) is 0 Å². The van der Waals surface area contributed by atoms with Gasteiger partial charge in [0.25, 0.3) is 17.1 Å². The summed E-state index contributed by atoms with van der Waals surface area (Å²) in [5.74, 6) is 0. The second-order valence-corrected chi connectivity index (χ2v) is 6.09. The van der Waals surface area contributed by atoms with Gasteiger partial charge in [0.15, 0.2) is 0 Å². The number of benzene rings is 3. The third-order valence-electron chi connectivity index (χ3n) is 4.25. The lowest BCUT2D eigenvalue weighted by molar-refractivity contribution is -0.385. The number of hydrogen-bond donors (Lipinski definition) is 2. The summed E-state index contributed by atoms with van der Waals surface area (Å²) in [6.07, 6.45) is -1.08. The SMILES string of the molecule is O=[N+]([O-])c1ccccc1NC(Nc1ccccc1[N+](=O)[O-])c1ccccc1[N+](=O)[O-]. The van der Waals surface area contributed by atoms with Crippen molar-refractivity contribution in [1.29, 1.82) is 0 Å². The predicted octanol–water partition coefficient (Wildman–Crippen LogP) is 4.63. The monoisotopic (exact) mass is 409 g/mol. The van der Waals surface area contributed by atoms with E-state index in [1.807, 2.05) is 0 Å². The molecule has 0 radical (unpaired) electrons. The standard InChI is InChI=1S/C19H15N5O6/c25-22(26)16-10-4-1-7-13(16)19(20-14-8-2-5-11-17(14)23(27)28)21-15-9-3-6-12-18(15)24(29)30/h1-12,19-21H. The van der Waals surface area contributed by atoms with Crippen LogP contribution in [0.15, 0.2) is 72.8 Å². The molecule has 152 valence electrons. The topological polar surface area (TPSA) is 153 Å². The Morgan fingerprint density at radius 3 is 1.37 bits per heavy atom. The average Bonchev–Trinajstić information content (AvgIpc) is 2.73. The quantitative estimate of drug-likeness (QED) is 0.310. The van der Waals surface area contributed by atoms with Crippen LogP contribution in [0.5, 0.6) is 0 Å². The van der Waals surface area contributed by atoms with E-state index in [2.05, 4.69) is 10.6 Å². The van der Waals surface area contributed by atoms with Crippen LogP contribution in [0.3, 0.4) is 0 Å². The lowest BCUT2D eigenvalue weighted by Crippen LogP contribution is -2.22. The molecule has 0 saturated carbocycles. The van der Waals surface area contributed by atoms with Crippen molar-refractivity contribution in [2.45, 2.75) is 6.17 Å². The molecule has 0 spiro atoms. The fraction of sp³-hybridized carbons (Fsp3) is 0.0526. The zero-order valence-electron chi connectivity index (χ0n) is 15.3. The minimum Gasteiger partial charge on any atom is -0.356 e.